The maximum atomic E-state index is 12.5. The van der Waals surface area contributed by atoms with Crippen LogP contribution >= 0.6 is 23.4 Å². The first-order valence-electron chi connectivity index (χ1n) is 7.86. The van der Waals surface area contributed by atoms with Crippen LogP contribution < -0.4 is 0 Å². The third-order valence-corrected chi connectivity index (χ3v) is 4.99. The fraction of sp³-hybridized carbons (Fsp3) is 0.222. The van der Waals surface area contributed by atoms with Gasteiger partial charge in [0.25, 0.3) is 11.6 Å². The highest BCUT2D eigenvalue weighted by molar-refractivity contribution is 7.99. The van der Waals surface area contributed by atoms with Crippen LogP contribution in [0.1, 0.15) is 10.4 Å². The molecule has 2 rings (SSSR count). The fourth-order valence-corrected chi connectivity index (χ4v) is 3.17. The lowest BCUT2D eigenvalue weighted by molar-refractivity contribution is -0.387. The van der Waals surface area contributed by atoms with Gasteiger partial charge in [-0.15, -0.1) is 0 Å². The van der Waals surface area contributed by atoms with E-state index in [0.29, 0.717) is 9.92 Å². The Labute approximate surface area is 166 Å². The Kier molecular flexibility index (Phi) is 6.81. The molecular formula is C18H18ClN3O4S. The van der Waals surface area contributed by atoms with Crippen molar-refractivity contribution >= 4 is 40.9 Å². The first-order valence-corrected chi connectivity index (χ1v) is 9.06. The molecule has 2 aromatic carbocycles. The second-order valence-electron chi connectivity index (χ2n) is 5.94. The van der Waals surface area contributed by atoms with Gasteiger partial charge in [-0.05, 0) is 36.4 Å². The van der Waals surface area contributed by atoms with Gasteiger partial charge in [0.1, 0.15) is 0 Å². The molecule has 7 nitrogen and oxygen atoms in total. The molecule has 0 N–H and O–H groups in total. The molecule has 9 heteroatoms. The molecule has 142 valence electrons. The summed E-state index contributed by atoms with van der Waals surface area (Å²) < 4.78 is 0. The van der Waals surface area contributed by atoms with Crippen LogP contribution in [0.5, 0.6) is 0 Å². The van der Waals surface area contributed by atoms with Crippen molar-refractivity contribution in [1.82, 2.24) is 9.80 Å². The Morgan fingerprint density at radius 1 is 1.11 bits per heavy atom. The van der Waals surface area contributed by atoms with Crippen LogP contribution in [0.2, 0.25) is 5.02 Å². The normalized spacial score (nSPS) is 10.4. The number of nitrogens with zero attached hydrogens (tertiary/aromatic N) is 3. The third-order valence-electron chi connectivity index (χ3n) is 3.66. The fourth-order valence-electron chi connectivity index (χ4n) is 2.15. The molecule has 0 radical (unpaired) electrons. The predicted molar refractivity (Wildman–Crippen MR) is 104 cm³/mol. The summed E-state index contributed by atoms with van der Waals surface area (Å²) in [6.07, 6.45) is 0. The molecular weight excluding hydrogens is 390 g/mol. The number of nitro groups is 1. The van der Waals surface area contributed by atoms with Crippen LogP contribution in [0.15, 0.2) is 52.3 Å². The van der Waals surface area contributed by atoms with Crippen molar-refractivity contribution in [1.29, 1.82) is 0 Å². The minimum atomic E-state index is -0.528. The number of nitro benzene ring substituents is 1. The molecule has 0 aliphatic carbocycles. The van der Waals surface area contributed by atoms with Gasteiger partial charge in [-0.25, -0.2) is 0 Å². The molecule has 0 aliphatic heterocycles. The average molecular weight is 408 g/mol. The van der Waals surface area contributed by atoms with Gasteiger partial charge >= 0.3 is 0 Å². The van der Waals surface area contributed by atoms with Crippen LogP contribution in [0, 0.1) is 10.1 Å². The van der Waals surface area contributed by atoms with Crippen molar-refractivity contribution in [3.63, 3.8) is 0 Å². The Hall–Kier alpha value is -2.58. The van der Waals surface area contributed by atoms with Crippen LogP contribution in [0.4, 0.5) is 5.69 Å². The molecule has 0 fully saturated rings. The lowest BCUT2D eigenvalue weighted by atomic mass is 10.2. The molecule has 0 aliphatic rings. The zero-order valence-corrected chi connectivity index (χ0v) is 16.6. The summed E-state index contributed by atoms with van der Waals surface area (Å²) in [4.78, 5) is 39.0. The Morgan fingerprint density at radius 3 is 2.30 bits per heavy atom. The van der Waals surface area contributed by atoms with Crippen LogP contribution in [-0.2, 0) is 4.79 Å². The molecule has 0 saturated carbocycles. The number of carbonyl (C=O) groups excluding carboxylic acids is 2. The smallest absolute Gasteiger partial charge is 0.284 e. The number of hydrogen-bond donors (Lipinski definition) is 0. The Balaban J connectivity index is 2.26. The molecule has 0 spiro atoms. The summed E-state index contributed by atoms with van der Waals surface area (Å²) in [6, 6.07) is 11.2. The highest BCUT2D eigenvalue weighted by atomic mass is 35.5. The van der Waals surface area contributed by atoms with Crippen molar-refractivity contribution in [2.45, 2.75) is 9.79 Å². The molecule has 0 heterocycles. The number of hydrogen-bond acceptors (Lipinski definition) is 5. The van der Waals surface area contributed by atoms with Gasteiger partial charge in [-0.1, -0.05) is 23.4 Å². The van der Waals surface area contributed by atoms with E-state index in [1.807, 2.05) is 0 Å². The van der Waals surface area contributed by atoms with E-state index in [-0.39, 0.29) is 23.7 Å². The number of likely N-dealkylation sites (N-methyl/N-ethyl adjacent to an activating group) is 2. The number of amides is 2. The Bertz CT molecular complexity index is 871. The molecule has 0 bridgehead atoms. The molecule has 0 aromatic heterocycles. The highest BCUT2D eigenvalue weighted by Crippen LogP contribution is 2.35. The summed E-state index contributed by atoms with van der Waals surface area (Å²) >= 11 is 7.06. The van der Waals surface area contributed by atoms with Gasteiger partial charge in [0.2, 0.25) is 5.91 Å². The second-order valence-corrected chi connectivity index (χ2v) is 7.50. The number of carbonyl (C=O) groups is 2. The van der Waals surface area contributed by atoms with Gasteiger partial charge < -0.3 is 9.80 Å². The minimum Gasteiger partial charge on any atom is -0.347 e. The Morgan fingerprint density at radius 2 is 1.74 bits per heavy atom. The van der Waals surface area contributed by atoms with Crippen LogP contribution in [0.3, 0.4) is 0 Å². The van der Waals surface area contributed by atoms with E-state index in [4.69, 9.17) is 11.6 Å². The molecule has 27 heavy (non-hydrogen) atoms. The van der Waals surface area contributed by atoms with E-state index in [1.165, 1.54) is 46.8 Å². The van der Waals surface area contributed by atoms with Crippen molar-refractivity contribution < 1.29 is 14.5 Å². The van der Waals surface area contributed by atoms with Crippen molar-refractivity contribution in [2.24, 2.45) is 0 Å². The molecule has 0 unspecified atom stereocenters. The van der Waals surface area contributed by atoms with Gasteiger partial charge in [0.15, 0.2) is 0 Å². The van der Waals surface area contributed by atoms with E-state index in [0.717, 1.165) is 4.90 Å². The molecule has 2 amide bonds. The van der Waals surface area contributed by atoms with E-state index < -0.39 is 10.8 Å². The highest BCUT2D eigenvalue weighted by Gasteiger charge is 2.21. The van der Waals surface area contributed by atoms with E-state index in [2.05, 4.69) is 0 Å². The summed E-state index contributed by atoms with van der Waals surface area (Å²) in [5, 5.41) is 12.0. The molecule has 0 saturated heterocycles. The van der Waals surface area contributed by atoms with E-state index >= 15 is 0 Å². The van der Waals surface area contributed by atoms with Crippen LogP contribution in [0.25, 0.3) is 0 Å². The standard InChI is InChI=1S/C18H18ClN3O4S/c1-20(2)17(23)11-21(3)18(24)12-4-9-16(15(10-12)22(25)26)27-14-7-5-13(19)6-8-14/h4-10H,11H2,1-3H3. The van der Waals surface area contributed by atoms with E-state index in [9.17, 15) is 19.7 Å². The van der Waals surface area contributed by atoms with E-state index in [1.54, 1.807) is 38.4 Å². The summed E-state index contributed by atoms with van der Waals surface area (Å²) in [7, 11) is 4.66. The zero-order valence-electron chi connectivity index (χ0n) is 15.0. The number of halogens is 1. The second kappa shape index (κ2) is 8.88. The lowest BCUT2D eigenvalue weighted by Crippen LogP contribution is -2.37. The monoisotopic (exact) mass is 407 g/mol. The lowest BCUT2D eigenvalue weighted by Gasteiger charge is -2.19. The quantitative estimate of drug-likeness (QED) is 0.540. The topological polar surface area (TPSA) is 83.8 Å². The van der Waals surface area contributed by atoms with Gasteiger partial charge in [-0.2, -0.15) is 0 Å². The summed E-state index contributed by atoms with van der Waals surface area (Å²) in [5.41, 5.74) is -0.0238. The first kappa shape index (κ1) is 20.7. The molecule has 2 aromatic rings. The SMILES string of the molecule is CN(C)C(=O)CN(C)C(=O)c1ccc(Sc2ccc(Cl)cc2)c([N+](=O)[O-])c1. The van der Waals surface area contributed by atoms with Crippen molar-refractivity contribution in [3.05, 3.63) is 63.2 Å². The largest absolute Gasteiger partial charge is 0.347 e. The maximum absolute atomic E-state index is 12.5. The predicted octanol–water partition coefficient (Wildman–Crippen LogP) is 3.56. The maximum Gasteiger partial charge on any atom is 0.284 e. The first-order chi connectivity index (χ1) is 12.7. The summed E-state index contributed by atoms with van der Waals surface area (Å²) in [6.45, 7) is -0.110. The van der Waals surface area contributed by atoms with Gasteiger partial charge in [0.05, 0.1) is 16.4 Å². The number of benzene rings is 2. The average Bonchev–Trinajstić information content (AvgIpc) is 2.62. The van der Waals surface area contributed by atoms with Crippen LogP contribution in [-0.4, -0.2) is 54.2 Å². The third kappa shape index (κ3) is 5.45. The van der Waals surface area contributed by atoms with Gasteiger partial charge in [0, 0.05) is 42.7 Å². The zero-order chi connectivity index (χ0) is 20.1. The minimum absolute atomic E-state index is 0.110. The van der Waals surface area contributed by atoms with Gasteiger partial charge in [-0.3, -0.25) is 19.7 Å². The van der Waals surface area contributed by atoms with Crippen molar-refractivity contribution in [2.75, 3.05) is 27.7 Å². The van der Waals surface area contributed by atoms with Crippen molar-refractivity contribution in [3.8, 4) is 0 Å². The molecule has 0 atom stereocenters. The number of rotatable bonds is 6. The summed E-state index contributed by atoms with van der Waals surface area (Å²) in [5.74, 6) is -0.702.